The molecule has 0 spiro atoms. The summed E-state index contributed by atoms with van der Waals surface area (Å²) in [4.78, 5) is 18.6. The highest BCUT2D eigenvalue weighted by molar-refractivity contribution is 5.85. The van der Waals surface area contributed by atoms with Gasteiger partial charge in [0, 0.05) is 50.2 Å². The van der Waals surface area contributed by atoms with Crippen molar-refractivity contribution in [1.82, 2.24) is 15.6 Å². The summed E-state index contributed by atoms with van der Waals surface area (Å²) in [5.74, 6) is 0.0271. The summed E-state index contributed by atoms with van der Waals surface area (Å²) in [6.45, 7) is 2.69. The third-order valence-electron chi connectivity index (χ3n) is 4.42. The molecule has 1 aliphatic heterocycles. The van der Waals surface area contributed by atoms with Crippen LogP contribution in [0, 0.1) is 5.92 Å². The van der Waals surface area contributed by atoms with E-state index in [2.05, 4.69) is 15.6 Å². The lowest BCUT2D eigenvalue weighted by molar-refractivity contribution is -0.120. The van der Waals surface area contributed by atoms with E-state index in [9.17, 15) is 9.90 Å². The van der Waals surface area contributed by atoms with Crippen molar-refractivity contribution in [1.29, 1.82) is 0 Å². The Morgan fingerprint density at radius 1 is 1.19 bits per heavy atom. The molecular weight excluding hydrogens is 387 g/mol. The normalized spacial score (nSPS) is 18.1. The smallest absolute Gasteiger partial charge is 0.239 e. The first-order valence-electron chi connectivity index (χ1n) is 8.57. The number of carbonyl (C=O) groups excluding carboxylic acids is 1. The van der Waals surface area contributed by atoms with Gasteiger partial charge in [-0.3, -0.25) is 9.78 Å². The van der Waals surface area contributed by atoms with Gasteiger partial charge in [0.25, 0.3) is 0 Å². The molecule has 27 heavy (non-hydrogen) atoms. The van der Waals surface area contributed by atoms with E-state index in [1.54, 1.807) is 6.20 Å². The molecule has 0 bridgehead atoms. The molecule has 2 atom stereocenters. The monoisotopic (exact) mass is 412 g/mol. The topological polar surface area (TPSA) is 77.5 Å². The Hall–Kier alpha value is -1.86. The van der Waals surface area contributed by atoms with Crippen molar-refractivity contribution >= 4 is 36.4 Å². The van der Waals surface area contributed by atoms with Crippen molar-refractivity contribution in [3.8, 4) is 0 Å². The summed E-state index contributed by atoms with van der Waals surface area (Å²) >= 11 is 0. The molecule has 1 amide bonds. The number of benzene rings is 1. The fourth-order valence-electron chi connectivity index (χ4n) is 2.99. The average molecular weight is 413 g/mol. The van der Waals surface area contributed by atoms with E-state index in [4.69, 9.17) is 0 Å². The number of pyridine rings is 1. The number of carbonyl (C=O) groups is 1. The maximum absolute atomic E-state index is 12.4. The molecule has 1 aromatic carbocycles. The Morgan fingerprint density at radius 2 is 1.96 bits per heavy atom. The van der Waals surface area contributed by atoms with Gasteiger partial charge < -0.3 is 20.6 Å². The van der Waals surface area contributed by atoms with Crippen LogP contribution in [-0.2, 0) is 11.3 Å². The van der Waals surface area contributed by atoms with Crippen molar-refractivity contribution < 1.29 is 9.90 Å². The van der Waals surface area contributed by atoms with E-state index in [1.165, 1.54) is 0 Å². The number of aliphatic hydroxyl groups is 1. The van der Waals surface area contributed by atoms with Gasteiger partial charge in [-0.1, -0.05) is 24.3 Å². The number of hydrogen-bond donors (Lipinski definition) is 3. The number of aliphatic hydroxyl groups excluding tert-OH is 1. The molecule has 1 aliphatic rings. The third-order valence-corrected chi connectivity index (χ3v) is 4.42. The summed E-state index contributed by atoms with van der Waals surface area (Å²) in [5, 5.41) is 15.9. The highest BCUT2D eigenvalue weighted by Gasteiger charge is 2.25. The van der Waals surface area contributed by atoms with E-state index < -0.39 is 0 Å². The van der Waals surface area contributed by atoms with Crippen LogP contribution >= 0.6 is 24.8 Å². The average Bonchev–Trinajstić information content (AvgIpc) is 3.06. The quantitative estimate of drug-likeness (QED) is 0.643. The SMILES string of the molecule is Cl.Cl.O=C(CN(Cc1cccnc1)c1ccccc1)NCC1CNCC1O. The maximum atomic E-state index is 12.4. The van der Waals surface area contributed by atoms with Crippen LogP contribution in [0.15, 0.2) is 54.9 Å². The number of amides is 1. The molecule has 8 heteroatoms. The van der Waals surface area contributed by atoms with Crippen LogP contribution in [0.2, 0.25) is 0 Å². The van der Waals surface area contributed by atoms with Crippen molar-refractivity contribution in [2.75, 3.05) is 31.1 Å². The maximum Gasteiger partial charge on any atom is 0.239 e. The Bertz CT molecular complexity index is 676. The van der Waals surface area contributed by atoms with Crippen molar-refractivity contribution in [2.45, 2.75) is 12.6 Å². The molecule has 2 aromatic rings. The minimum absolute atomic E-state index is 0. The predicted octanol–water partition coefficient (Wildman–Crippen LogP) is 1.63. The zero-order valence-electron chi connectivity index (χ0n) is 15.0. The van der Waals surface area contributed by atoms with Crippen LogP contribution < -0.4 is 15.5 Å². The van der Waals surface area contributed by atoms with Gasteiger partial charge in [0.2, 0.25) is 5.91 Å². The Labute approximate surface area is 172 Å². The number of β-amino-alcohol motifs (C(OH)–C–C–N with tert-alkyl or cyclic N) is 1. The fourth-order valence-corrected chi connectivity index (χ4v) is 2.99. The lowest BCUT2D eigenvalue weighted by Crippen LogP contribution is -2.40. The van der Waals surface area contributed by atoms with E-state index in [1.807, 2.05) is 53.6 Å². The summed E-state index contributed by atoms with van der Waals surface area (Å²) in [6.07, 6.45) is 3.17. The molecule has 148 valence electrons. The van der Waals surface area contributed by atoms with Crippen LogP contribution in [0.25, 0.3) is 0 Å². The van der Waals surface area contributed by atoms with Gasteiger partial charge in [0.05, 0.1) is 12.6 Å². The van der Waals surface area contributed by atoms with Gasteiger partial charge in [-0.05, 0) is 23.8 Å². The number of rotatable bonds is 7. The highest BCUT2D eigenvalue weighted by atomic mass is 35.5. The standard InChI is InChI=1S/C19H24N4O2.2ClH/c24-18-12-21-10-16(18)11-22-19(25)14-23(17-6-2-1-3-7-17)13-15-5-4-8-20-9-15;;/h1-9,16,18,21,24H,10-14H2,(H,22,25);2*1H. The minimum Gasteiger partial charge on any atom is -0.391 e. The number of nitrogens with zero attached hydrogens (tertiary/aromatic N) is 2. The number of para-hydroxylation sites is 1. The Kier molecular flexibility index (Phi) is 10.1. The Balaban J connectivity index is 0.00000182. The second kappa shape index (κ2) is 11.8. The summed E-state index contributed by atoms with van der Waals surface area (Å²) in [7, 11) is 0. The minimum atomic E-state index is -0.388. The van der Waals surface area contributed by atoms with Gasteiger partial charge in [-0.15, -0.1) is 24.8 Å². The lowest BCUT2D eigenvalue weighted by Gasteiger charge is -2.25. The van der Waals surface area contributed by atoms with E-state index in [-0.39, 0.29) is 49.3 Å². The molecule has 3 rings (SSSR count). The number of nitrogens with one attached hydrogen (secondary N) is 2. The first-order chi connectivity index (χ1) is 12.2. The van der Waals surface area contributed by atoms with E-state index >= 15 is 0 Å². The summed E-state index contributed by atoms with van der Waals surface area (Å²) in [6, 6.07) is 13.8. The molecule has 2 heterocycles. The van der Waals surface area contributed by atoms with Gasteiger partial charge in [0.1, 0.15) is 0 Å². The van der Waals surface area contributed by atoms with Gasteiger partial charge >= 0.3 is 0 Å². The van der Waals surface area contributed by atoms with Gasteiger partial charge in [-0.25, -0.2) is 0 Å². The van der Waals surface area contributed by atoms with Crippen LogP contribution in [-0.4, -0.2) is 48.3 Å². The summed E-state index contributed by atoms with van der Waals surface area (Å²) in [5.41, 5.74) is 2.04. The number of aromatic nitrogens is 1. The number of halogens is 2. The predicted molar refractivity (Wildman–Crippen MR) is 112 cm³/mol. The zero-order chi connectivity index (χ0) is 17.5. The molecule has 0 saturated carbocycles. The molecule has 3 N–H and O–H groups in total. The number of hydrogen-bond acceptors (Lipinski definition) is 5. The highest BCUT2D eigenvalue weighted by Crippen LogP contribution is 2.16. The molecule has 1 fully saturated rings. The first kappa shape index (κ1) is 23.2. The first-order valence-corrected chi connectivity index (χ1v) is 8.57. The number of anilines is 1. The Morgan fingerprint density at radius 3 is 2.59 bits per heavy atom. The summed E-state index contributed by atoms with van der Waals surface area (Å²) < 4.78 is 0. The molecule has 0 radical (unpaired) electrons. The van der Waals surface area contributed by atoms with Crippen molar-refractivity contribution in [3.05, 3.63) is 60.4 Å². The van der Waals surface area contributed by atoms with Crippen LogP contribution in [0.1, 0.15) is 5.56 Å². The molecule has 1 saturated heterocycles. The van der Waals surface area contributed by atoms with Gasteiger partial charge in [-0.2, -0.15) is 0 Å². The van der Waals surface area contributed by atoms with Gasteiger partial charge in [0.15, 0.2) is 0 Å². The third kappa shape index (κ3) is 6.99. The molecular formula is C19H26Cl2N4O2. The fraction of sp³-hybridized carbons (Fsp3) is 0.368. The largest absolute Gasteiger partial charge is 0.391 e. The van der Waals surface area contributed by atoms with Crippen molar-refractivity contribution in [3.63, 3.8) is 0 Å². The molecule has 0 aliphatic carbocycles. The van der Waals surface area contributed by atoms with E-state index in [0.717, 1.165) is 17.8 Å². The van der Waals surface area contributed by atoms with Crippen molar-refractivity contribution in [2.24, 2.45) is 5.92 Å². The van der Waals surface area contributed by atoms with Crippen LogP contribution in [0.4, 0.5) is 5.69 Å². The van der Waals surface area contributed by atoms with Crippen LogP contribution in [0.3, 0.4) is 0 Å². The molecule has 6 nitrogen and oxygen atoms in total. The van der Waals surface area contributed by atoms with Crippen LogP contribution in [0.5, 0.6) is 0 Å². The second-order valence-electron chi connectivity index (χ2n) is 6.34. The van der Waals surface area contributed by atoms with E-state index in [0.29, 0.717) is 19.6 Å². The lowest BCUT2D eigenvalue weighted by atomic mass is 10.1. The molecule has 1 aromatic heterocycles. The molecule has 2 unspecified atom stereocenters. The second-order valence-corrected chi connectivity index (χ2v) is 6.34. The zero-order valence-corrected chi connectivity index (χ0v) is 16.6.